The molecular weight excluding hydrogens is 336 g/mol. The molecule has 0 unspecified atom stereocenters. The quantitative estimate of drug-likeness (QED) is 0.599. The normalized spacial score (nSPS) is 15.7. The maximum Gasteiger partial charge on any atom is 0.339 e. The average molecular weight is 358 g/mol. The number of aliphatic carboxylic acids is 2. The predicted octanol–water partition coefficient (Wildman–Crippen LogP) is 1.72. The van der Waals surface area contributed by atoms with Crippen LogP contribution in [0.5, 0.6) is 0 Å². The van der Waals surface area contributed by atoms with E-state index < -0.39 is 36.0 Å². The molecule has 6 nitrogen and oxygen atoms in total. The maximum absolute atomic E-state index is 11.8. The number of carboxylic acid groups (broad SMARTS) is 2. The topological polar surface area (TPSA) is 115 Å². The van der Waals surface area contributed by atoms with Gasteiger partial charge >= 0.3 is 11.9 Å². The monoisotopic (exact) mass is 358 g/mol. The van der Waals surface area contributed by atoms with Crippen LogP contribution in [-0.4, -0.2) is 43.6 Å². The minimum absolute atomic E-state index is 0.407. The molecule has 26 heavy (non-hydrogen) atoms. The lowest BCUT2D eigenvalue weighted by Gasteiger charge is -2.37. The lowest BCUT2D eigenvalue weighted by Crippen LogP contribution is -2.66. The highest BCUT2D eigenvalue weighted by atomic mass is 16.5. The Labute approximate surface area is 151 Å². The first kappa shape index (κ1) is 19.6. The molecule has 4 N–H and O–H groups in total. The van der Waals surface area contributed by atoms with Crippen molar-refractivity contribution < 1.29 is 30.0 Å². The van der Waals surface area contributed by atoms with E-state index in [4.69, 9.17) is 0 Å². The van der Waals surface area contributed by atoms with E-state index in [1.807, 2.05) is 13.8 Å². The second-order valence-electron chi connectivity index (χ2n) is 6.66. The van der Waals surface area contributed by atoms with Crippen molar-refractivity contribution in [2.75, 3.05) is 0 Å². The minimum Gasteiger partial charge on any atom is -0.479 e. The average Bonchev–Trinajstić information content (AvgIpc) is 2.58. The summed E-state index contributed by atoms with van der Waals surface area (Å²) in [6.45, 7) is 3.69. The molecule has 0 amide bonds. The second-order valence-corrected chi connectivity index (χ2v) is 6.66. The van der Waals surface area contributed by atoms with Gasteiger partial charge in [0, 0.05) is 12.8 Å². The van der Waals surface area contributed by atoms with Crippen LogP contribution in [0, 0.1) is 13.8 Å². The van der Waals surface area contributed by atoms with Gasteiger partial charge in [0.25, 0.3) is 0 Å². The van der Waals surface area contributed by atoms with Crippen molar-refractivity contribution in [3.63, 3.8) is 0 Å². The summed E-state index contributed by atoms with van der Waals surface area (Å²) >= 11 is 0. The van der Waals surface area contributed by atoms with Crippen LogP contribution in [0.15, 0.2) is 48.5 Å². The van der Waals surface area contributed by atoms with Crippen LogP contribution in [0.25, 0.3) is 0 Å². The van der Waals surface area contributed by atoms with Gasteiger partial charge in [-0.15, -0.1) is 0 Å². The number of aliphatic hydroxyl groups is 2. The molecule has 2 rings (SSSR count). The largest absolute Gasteiger partial charge is 0.479 e. The zero-order valence-electron chi connectivity index (χ0n) is 14.6. The van der Waals surface area contributed by atoms with E-state index >= 15 is 0 Å². The summed E-state index contributed by atoms with van der Waals surface area (Å²) in [5, 5.41) is 40.7. The van der Waals surface area contributed by atoms with Crippen LogP contribution in [0.3, 0.4) is 0 Å². The van der Waals surface area contributed by atoms with E-state index in [1.165, 1.54) is 0 Å². The summed E-state index contributed by atoms with van der Waals surface area (Å²) in [6.07, 6.45) is -1.09. The van der Waals surface area contributed by atoms with Crippen molar-refractivity contribution in [2.45, 2.75) is 37.9 Å². The first-order valence-corrected chi connectivity index (χ1v) is 8.11. The number of benzene rings is 2. The Bertz CT molecular complexity index is 727. The molecule has 0 saturated carbocycles. The number of hydrogen-bond donors (Lipinski definition) is 4. The van der Waals surface area contributed by atoms with Crippen molar-refractivity contribution in [3.8, 4) is 0 Å². The fourth-order valence-corrected chi connectivity index (χ4v) is 2.80. The Morgan fingerprint density at radius 3 is 1.19 bits per heavy atom. The van der Waals surface area contributed by atoms with Crippen molar-refractivity contribution >= 4 is 11.9 Å². The fourth-order valence-electron chi connectivity index (χ4n) is 2.80. The smallest absolute Gasteiger partial charge is 0.339 e. The van der Waals surface area contributed by atoms with Gasteiger partial charge in [-0.05, 0) is 25.0 Å². The molecule has 0 heterocycles. The summed E-state index contributed by atoms with van der Waals surface area (Å²) in [7, 11) is 0. The Morgan fingerprint density at radius 1 is 0.692 bits per heavy atom. The third kappa shape index (κ3) is 3.76. The van der Waals surface area contributed by atoms with Crippen molar-refractivity contribution in [1.82, 2.24) is 0 Å². The van der Waals surface area contributed by atoms with Gasteiger partial charge < -0.3 is 20.4 Å². The molecule has 0 aliphatic carbocycles. The maximum atomic E-state index is 11.8. The molecule has 2 aromatic rings. The summed E-state index contributed by atoms with van der Waals surface area (Å²) in [6, 6.07) is 13.3. The Kier molecular flexibility index (Phi) is 5.49. The number of aryl methyl sites for hydroxylation is 2. The van der Waals surface area contributed by atoms with Gasteiger partial charge in [0.2, 0.25) is 11.2 Å². The van der Waals surface area contributed by atoms with Gasteiger partial charge in [0.05, 0.1) is 0 Å². The number of carbonyl (C=O) groups is 2. The Morgan fingerprint density at radius 2 is 0.962 bits per heavy atom. The molecule has 2 atom stereocenters. The van der Waals surface area contributed by atoms with Crippen LogP contribution in [-0.2, 0) is 22.4 Å². The molecule has 0 aliphatic rings. The van der Waals surface area contributed by atoms with Gasteiger partial charge in [-0.2, -0.15) is 0 Å². The van der Waals surface area contributed by atoms with E-state index in [0.717, 1.165) is 11.1 Å². The third-order valence-corrected chi connectivity index (χ3v) is 4.55. The SMILES string of the molecule is Cc1ccc(C[C@](O)(C(=O)O)[C@](O)(Cc2ccc(C)cc2)C(=O)O)cc1. The van der Waals surface area contributed by atoms with E-state index in [2.05, 4.69) is 0 Å². The first-order chi connectivity index (χ1) is 12.1. The molecule has 2 aromatic carbocycles. The van der Waals surface area contributed by atoms with E-state index in [1.54, 1.807) is 48.5 Å². The standard InChI is InChI=1S/C20H22O6/c1-13-3-7-15(8-4-13)11-19(25,17(21)22)20(26,18(23)24)12-16-9-5-14(2)6-10-16/h3-10,25-26H,11-12H2,1-2H3,(H,21,22)(H,23,24)/t19-,20-/m0/s1. The van der Waals surface area contributed by atoms with Gasteiger partial charge in [0.15, 0.2) is 0 Å². The second kappa shape index (κ2) is 7.27. The van der Waals surface area contributed by atoms with Crippen LogP contribution in [0.4, 0.5) is 0 Å². The first-order valence-electron chi connectivity index (χ1n) is 8.11. The Balaban J connectivity index is 2.46. The summed E-state index contributed by atoms with van der Waals surface area (Å²) < 4.78 is 0. The van der Waals surface area contributed by atoms with E-state index in [9.17, 15) is 30.0 Å². The lowest BCUT2D eigenvalue weighted by atomic mass is 9.74. The van der Waals surface area contributed by atoms with Crippen LogP contribution < -0.4 is 0 Å². The molecule has 0 aromatic heterocycles. The molecule has 0 aliphatic heterocycles. The van der Waals surface area contributed by atoms with Gasteiger partial charge in [-0.1, -0.05) is 59.7 Å². The highest BCUT2D eigenvalue weighted by Crippen LogP contribution is 2.31. The molecule has 0 radical (unpaired) electrons. The third-order valence-electron chi connectivity index (χ3n) is 4.55. The summed E-state index contributed by atoms with van der Waals surface area (Å²) in [5.74, 6) is -3.59. The zero-order valence-corrected chi connectivity index (χ0v) is 14.6. The molecular formula is C20H22O6. The van der Waals surface area contributed by atoms with Gasteiger partial charge in [-0.25, -0.2) is 9.59 Å². The van der Waals surface area contributed by atoms with Crippen molar-refractivity contribution in [3.05, 3.63) is 70.8 Å². The number of hydrogen-bond acceptors (Lipinski definition) is 4. The van der Waals surface area contributed by atoms with Crippen molar-refractivity contribution in [1.29, 1.82) is 0 Å². The molecule has 6 heteroatoms. The minimum atomic E-state index is -2.90. The van der Waals surface area contributed by atoms with E-state index in [0.29, 0.717) is 11.1 Å². The van der Waals surface area contributed by atoms with E-state index in [-0.39, 0.29) is 0 Å². The highest BCUT2D eigenvalue weighted by Gasteiger charge is 2.60. The predicted molar refractivity (Wildman–Crippen MR) is 94.9 cm³/mol. The van der Waals surface area contributed by atoms with Gasteiger partial charge in [0.1, 0.15) is 0 Å². The molecule has 0 fully saturated rings. The van der Waals surface area contributed by atoms with Gasteiger partial charge in [-0.3, -0.25) is 0 Å². The molecule has 0 spiro atoms. The molecule has 0 bridgehead atoms. The summed E-state index contributed by atoms with van der Waals surface area (Å²) in [4.78, 5) is 23.6. The van der Waals surface area contributed by atoms with Crippen LogP contribution in [0.2, 0.25) is 0 Å². The van der Waals surface area contributed by atoms with Crippen LogP contribution >= 0.6 is 0 Å². The number of rotatable bonds is 7. The lowest BCUT2D eigenvalue weighted by molar-refractivity contribution is -0.206. The molecule has 138 valence electrons. The molecule has 0 saturated heterocycles. The van der Waals surface area contributed by atoms with Crippen LogP contribution in [0.1, 0.15) is 22.3 Å². The van der Waals surface area contributed by atoms with Crippen molar-refractivity contribution in [2.24, 2.45) is 0 Å². The fraction of sp³-hybridized carbons (Fsp3) is 0.300. The zero-order chi connectivity index (χ0) is 19.5. The number of carboxylic acids is 2. The Hall–Kier alpha value is -2.70. The summed E-state index contributed by atoms with van der Waals surface area (Å²) in [5.41, 5.74) is -3.13. The highest BCUT2D eigenvalue weighted by molar-refractivity contribution is 5.91.